The number of rotatable bonds is 7. The third-order valence-corrected chi connectivity index (χ3v) is 7.85. The van der Waals surface area contributed by atoms with E-state index in [0.29, 0.717) is 23.1 Å². The molecule has 6 rings (SSSR count). The molecule has 0 saturated heterocycles. The molecule has 4 aromatic heterocycles. The topological polar surface area (TPSA) is 68.2 Å². The van der Waals surface area contributed by atoms with E-state index in [1.165, 1.54) is 11.3 Å². The quantitative estimate of drug-likeness (QED) is 0.222. The number of nitrogens with zero attached hydrogens (tertiary/aromatic N) is 4. The van der Waals surface area contributed by atoms with E-state index in [1.807, 2.05) is 91.2 Å². The van der Waals surface area contributed by atoms with E-state index in [2.05, 4.69) is 4.98 Å². The highest BCUT2D eigenvalue weighted by Crippen LogP contribution is 2.36. The number of hydrogen-bond donors (Lipinski definition) is 0. The molecule has 0 unspecified atom stereocenters. The number of aromatic nitrogens is 3. The van der Waals surface area contributed by atoms with Crippen LogP contribution in [-0.2, 0) is 6.54 Å². The first kappa shape index (κ1) is 23.3. The molecule has 8 heteroatoms. The molecule has 37 heavy (non-hydrogen) atoms. The van der Waals surface area contributed by atoms with Gasteiger partial charge in [0.05, 0.1) is 45.2 Å². The van der Waals surface area contributed by atoms with Gasteiger partial charge in [0.15, 0.2) is 5.13 Å². The SMILES string of the molecule is CCOc1cccc2sc(N(Cc3ccccn3)C(=O)c3cc(-c4cccs4)nc4ccccc34)nc12. The van der Waals surface area contributed by atoms with E-state index in [4.69, 9.17) is 14.7 Å². The van der Waals surface area contributed by atoms with E-state index < -0.39 is 0 Å². The molecule has 0 radical (unpaired) electrons. The van der Waals surface area contributed by atoms with Gasteiger partial charge in [-0.05, 0) is 54.8 Å². The first-order chi connectivity index (χ1) is 18.2. The number of carbonyl (C=O) groups is 1. The van der Waals surface area contributed by atoms with Crippen molar-refractivity contribution in [2.75, 3.05) is 11.5 Å². The van der Waals surface area contributed by atoms with Crippen LogP contribution in [0.3, 0.4) is 0 Å². The minimum absolute atomic E-state index is 0.154. The van der Waals surface area contributed by atoms with Crippen LogP contribution in [0, 0.1) is 0 Å². The normalized spacial score (nSPS) is 11.2. The number of carbonyl (C=O) groups excluding carboxylic acids is 1. The van der Waals surface area contributed by atoms with Gasteiger partial charge < -0.3 is 4.74 Å². The van der Waals surface area contributed by atoms with Gasteiger partial charge in [0, 0.05) is 11.6 Å². The highest BCUT2D eigenvalue weighted by atomic mass is 32.1. The van der Waals surface area contributed by atoms with Crippen molar-refractivity contribution in [1.82, 2.24) is 15.0 Å². The van der Waals surface area contributed by atoms with Gasteiger partial charge in [-0.25, -0.2) is 9.97 Å². The smallest absolute Gasteiger partial charge is 0.261 e. The Bertz CT molecular complexity index is 1700. The Morgan fingerprint density at radius 2 is 1.86 bits per heavy atom. The van der Waals surface area contributed by atoms with Crippen LogP contribution in [0.1, 0.15) is 23.0 Å². The fourth-order valence-electron chi connectivity index (χ4n) is 4.23. The van der Waals surface area contributed by atoms with Crippen molar-refractivity contribution >= 4 is 54.8 Å². The molecule has 182 valence electrons. The molecular formula is C29H22N4O2S2. The van der Waals surface area contributed by atoms with Crippen molar-refractivity contribution in [2.24, 2.45) is 0 Å². The van der Waals surface area contributed by atoms with Crippen molar-refractivity contribution in [1.29, 1.82) is 0 Å². The Kier molecular flexibility index (Phi) is 6.34. The van der Waals surface area contributed by atoms with Crippen molar-refractivity contribution in [3.05, 3.63) is 102 Å². The van der Waals surface area contributed by atoms with Gasteiger partial charge in [0.1, 0.15) is 11.3 Å². The molecular weight excluding hydrogens is 500 g/mol. The average Bonchev–Trinajstić information content (AvgIpc) is 3.63. The zero-order chi connectivity index (χ0) is 25.2. The molecule has 0 aliphatic heterocycles. The van der Waals surface area contributed by atoms with Crippen LogP contribution in [0.4, 0.5) is 5.13 Å². The number of benzene rings is 2. The van der Waals surface area contributed by atoms with E-state index in [9.17, 15) is 4.79 Å². The molecule has 0 spiro atoms. The van der Waals surface area contributed by atoms with Crippen molar-refractivity contribution < 1.29 is 9.53 Å². The van der Waals surface area contributed by atoms with Crippen LogP contribution in [0.15, 0.2) is 90.4 Å². The minimum atomic E-state index is -0.154. The highest BCUT2D eigenvalue weighted by molar-refractivity contribution is 7.22. The zero-order valence-electron chi connectivity index (χ0n) is 20.0. The Balaban J connectivity index is 1.51. The van der Waals surface area contributed by atoms with Crippen LogP contribution in [0.5, 0.6) is 5.75 Å². The van der Waals surface area contributed by atoms with E-state index in [1.54, 1.807) is 22.4 Å². The highest BCUT2D eigenvalue weighted by Gasteiger charge is 2.25. The van der Waals surface area contributed by atoms with Gasteiger partial charge >= 0.3 is 0 Å². The van der Waals surface area contributed by atoms with Gasteiger partial charge in [0.2, 0.25) is 0 Å². The Morgan fingerprint density at radius 3 is 2.68 bits per heavy atom. The largest absolute Gasteiger partial charge is 0.492 e. The average molecular weight is 523 g/mol. The molecule has 0 N–H and O–H groups in total. The number of amides is 1. The Morgan fingerprint density at radius 1 is 0.973 bits per heavy atom. The molecule has 0 fully saturated rings. The summed E-state index contributed by atoms with van der Waals surface area (Å²) in [5.41, 5.74) is 3.66. The molecule has 0 aliphatic rings. The van der Waals surface area contributed by atoms with Crippen molar-refractivity contribution in [3.63, 3.8) is 0 Å². The lowest BCUT2D eigenvalue weighted by Gasteiger charge is -2.21. The van der Waals surface area contributed by atoms with Crippen molar-refractivity contribution in [2.45, 2.75) is 13.5 Å². The van der Waals surface area contributed by atoms with Crippen LogP contribution in [0.25, 0.3) is 31.7 Å². The van der Waals surface area contributed by atoms with Gasteiger partial charge in [-0.1, -0.05) is 47.7 Å². The fourth-order valence-corrected chi connectivity index (χ4v) is 5.89. The summed E-state index contributed by atoms with van der Waals surface area (Å²) in [6.45, 7) is 2.77. The Hall–Kier alpha value is -4.14. The standard InChI is InChI=1S/C29H22N4O2S2/c1-2-35-24-12-7-13-26-27(24)32-29(37-26)33(18-19-9-5-6-15-30-19)28(34)21-17-23(25-14-8-16-36-25)31-22-11-4-3-10-20(21)22/h3-17H,2,18H2,1H3. The first-order valence-electron chi connectivity index (χ1n) is 11.9. The lowest BCUT2D eigenvalue weighted by molar-refractivity contribution is 0.0986. The lowest BCUT2D eigenvalue weighted by Crippen LogP contribution is -2.31. The van der Waals surface area contributed by atoms with Crippen LogP contribution >= 0.6 is 22.7 Å². The van der Waals surface area contributed by atoms with Crippen molar-refractivity contribution in [3.8, 4) is 16.3 Å². The number of hydrogen-bond acceptors (Lipinski definition) is 7. The summed E-state index contributed by atoms with van der Waals surface area (Å²) in [5.74, 6) is 0.557. The summed E-state index contributed by atoms with van der Waals surface area (Å²) in [5, 5.41) is 3.41. The van der Waals surface area contributed by atoms with Crippen LogP contribution in [-0.4, -0.2) is 27.5 Å². The molecule has 0 bridgehead atoms. The number of fused-ring (bicyclic) bond motifs is 2. The van der Waals surface area contributed by atoms with Crippen LogP contribution < -0.4 is 9.64 Å². The predicted octanol–water partition coefficient (Wildman–Crippen LogP) is 7.21. The van der Waals surface area contributed by atoms with Crippen LogP contribution in [0.2, 0.25) is 0 Å². The molecule has 2 aromatic carbocycles. The summed E-state index contributed by atoms with van der Waals surface area (Å²) in [4.78, 5) is 31.3. The predicted molar refractivity (Wildman–Crippen MR) is 151 cm³/mol. The molecule has 1 amide bonds. The maximum Gasteiger partial charge on any atom is 0.261 e. The van der Waals surface area contributed by atoms with E-state index in [-0.39, 0.29) is 12.5 Å². The second-order valence-electron chi connectivity index (χ2n) is 8.29. The second-order valence-corrected chi connectivity index (χ2v) is 10.3. The summed E-state index contributed by atoms with van der Waals surface area (Å²) < 4.78 is 6.77. The Labute approximate surface area is 221 Å². The summed E-state index contributed by atoms with van der Waals surface area (Å²) in [6.07, 6.45) is 1.74. The lowest BCUT2D eigenvalue weighted by atomic mass is 10.1. The molecule has 6 aromatic rings. The molecule has 0 saturated carbocycles. The maximum absolute atomic E-state index is 14.4. The molecule has 0 atom stereocenters. The maximum atomic E-state index is 14.4. The number of pyridine rings is 2. The number of ether oxygens (including phenoxy) is 1. The third kappa shape index (κ3) is 4.57. The van der Waals surface area contributed by atoms with E-state index in [0.717, 1.165) is 37.4 Å². The summed E-state index contributed by atoms with van der Waals surface area (Å²) >= 11 is 3.07. The molecule has 4 heterocycles. The molecule has 6 nitrogen and oxygen atoms in total. The fraction of sp³-hybridized carbons (Fsp3) is 0.103. The summed E-state index contributed by atoms with van der Waals surface area (Å²) in [7, 11) is 0. The van der Waals surface area contributed by atoms with Gasteiger partial charge in [0.25, 0.3) is 5.91 Å². The number of thiophene rings is 1. The van der Waals surface area contributed by atoms with Gasteiger partial charge in [-0.15, -0.1) is 11.3 Å². The molecule has 0 aliphatic carbocycles. The monoisotopic (exact) mass is 522 g/mol. The van der Waals surface area contributed by atoms with Gasteiger partial charge in [-0.3, -0.25) is 14.7 Å². The number of para-hydroxylation sites is 2. The third-order valence-electron chi connectivity index (χ3n) is 5.91. The zero-order valence-corrected chi connectivity index (χ0v) is 21.6. The van der Waals surface area contributed by atoms with E-state index >= 15 is 0 Å². The second kappa shape index (κ2) is 10.1. The number of thiazole rings is 1. The number of anilines is 1. The summed E-state index contributed by atoms with van der Waals surface area (Å²) in [6, 6.07) is 25.2. The first-order valence-corrected chi connectivity index (χ1v) is 13.6. The minimum Gasteiger partial charge on any atom is -0.492 e. The van der Waals surface area contributed by atoms with Gasteiger partial charge in [-0.2, -0.15) is 0 Å².